The van der Waals surface area contributed by atoms with Crippen molar-refractivity contribution < 1.29 is 19.4 Å². The number of aliphatic hydroxyl groups excluding tert-OH is 1. The third kappa shape index (κ3) is 4.00. The minimum Gasteiger partial charge on any atom is -0.507 e. The highest BCUT2D eigenvalue weighted by Crippen LogP contribution is 2.17. The van der Waals surface area contributed by atoms with Crippen molar-refractivity contribution in [3.63, 3.8) is 0 Å². The monoisotopic (exact) mass is 255 g/mol. The van der Waals surface area contributed by atoms with Crippen LogP contribution >= 0.6 is 0 Å². The predicted octanol–water partition coefficient (Wildman–Crippen LogP) is 1.67. The van der Waals surface area contributed by atoms with Gasteiger partial charge in [-0.3, -0.25) is 4.79 Å². The first kappa shape index (κ1) is 14.4. The zero-order valence-electron chi connectivity index (χ0n) is 10.5. The molecule has 100 valence electrons. The summed E-state index contributed by atoms with van der Waals surface area (Å²) in [7, 11) is 0. The Morgan fingerprint density at radius 1 is 1.44 bits per heavy atom. The van der Waals surface area contributed by atoms with E-state index in [0.29, 0.717) is 6.42 Å². The number of carbonyl (C=O) groups excluding carboxylic acids is 1. The lowest BCUT2D eigenvalue weighted by atomic mass is 10.0. The Morgan fingerprint density at radius 2 is 2.11 bits per heavy atom. The molecular formula is C13H18FNO3. The van der Waals surface area contributed by atoms with E-state index < -0.39 is 17.8 Å². The van der Waals surface area contributed by atoms with Gasteiger partial charge in [0.1, 0.15) is 11.6 Å². The van der Waals surface area contributed by atoms with Crippen molar-refractivity contribution in [1.29, 1.82) is 0 Å². The van der Waals surface area contributed by atoms with Gasteiger partial charge in [0.2, 0.25) is 0 Å². The second kappa shape index (κ2) is 6.35. The summed E-state index contributed by atoms with van der Waals surface area (Å²) in [5.74, 6) is -1.29. The van der Waals surface area contributed by atoms with Crippen molar-refractivity contribution in [2.75, 3.05) is 6.54 Å². The molecule has 3 N–H and O–H groups in total. The van der Waals surface area contributed by atoms with Crippen LogP contribution in [0.25, 0.3) is 0 Å². The number of aromatic hydroxyl groups is 1. The standard InChI is InChI=1S/C13H18FNO3/c1-8(2)11(16)5-6-15-13(18)10-7-9(14)3-4-12(10)17/h3-4,7-8,11,16-17H,5-6H2,1-2H3,(H,15,18). The maximum atomic E-state index is 12.9. The third-order valence-corrected chi connectivity index (χ3v) is 2.70. The molecule has 1 atom stereocenters. The van der Waals surface area contributed by atoms with Crippen molar-refractivity contribution in [2.45, 2.75) is 26.4 Å². The number of nitrogens with one attached hydrogen (secondary N) is 1. The number of rotatable bonds is 5. The number of hydrogen-bond donors (Lipinski definition) is 3. The van der Waals surface area contributed by atoms with E-state index >= 15 is 0 Å². The first-order valence-electron chi connectivity index (χ1n) is 5.86. The van der Waals surface area contributed by atoms with Crippen LogP contribution in [-0.2, 0) is 0 Å². The van der Waals surface area contributed by atoms with Gasteiger partial charge in [0.05, 0.1) is 11.7 Å². The number of aliphatic hydroxyl groups is 1. The van der Waals surface area contributed by atoms with E-state index in [2.05, 4.69) is 5.32 Å². The van der Waals surface area contributed by atoms with E-state index in [1.54, 1.807) is 0 Å². The summed E-state index contributed by atoms with van der Waals surface area (Å²) in [6.07, 6.45) is -0.0779. The van der Waals surface area contributed by atoms with Crippen LogP contribution < -0.4 is 5.32 Å². The lowest BCUT2D eigenvalue weighted by Gasteiger charge is -2.14. The second-order valence-electron chi connectivity index (χ2n) is 4.52. The van der Waals surface area contributed by atoms with Crippen molar-refractivity contribution in [2.24, 2.45) is 5.92 Å². The molecular weight excluding hydrogens is 237 g/mol. The molecule has 1 amide bonds. The summed E-state index contributed by atoms with van der Waals surface area (Å²) in [5, 5.41) is 21.5. The van der Waals surface area contributed by atoms with Gasteiger partial charge in [-0.25, -0.2) is 4.39 Å². The van der Waals surface area contributed by atoms with E-state index in [1.165, 1.54) is 0 Å². The lowest BCUT2D eigenvalue weighted by Crippen LogP contribution is -2.28. The molecule has 0 aromatic heterocycles. The van der Waals surface area contributed by atoms with E-state index in [0.717, 1.165) is 18.2 Å². The summed E-state index contributed by atoms with van der Waals surface area (Å²) in [6, 6.07) is 3.19. The zero-order chi connectivity index (χ0) is 13.7. The van der Waals surface area contributed by atoms with Crippen LogP contribution in [-0.4, -0.2) is 28.8 Å². The van der Waals surface area contributed by atoms with Crippen molar-refractivity contribution in [1.82, 2.24) is 5.32 Å². The molecule has 5 heteroatoms. The Balaban J connectivity index is 2.53. The van der Waals surface area contributed by atoms with E-state index in [9.17, 15) is 19.4 Å². The number of carbonyl (C=O) groups is 1. The third-order valence-electron chi connectivity index (χ3n) is 2.70. The normalized spacial score (nSPS) is 12.5. The maximum Gasteiger partial charge on any atom is 0.255 e. The zero-order valence-corrected chi connectivity index (χ0v) is 10.5. The molecule has 18 heavy (non-hydrogen) atoms. The Labute approximate surface area is 105 Å². The fraction of sp³-hybridized carbons (Fsp3) is 0.462. The van der Waals surface area contributed by atoms with Gasteiger partial charge >= 0.3 is 0 Å². The highest BCUT2D eigenvalue weighted by Gasteiger charge is 2.13. The fourth-order valence-corrected chi connectivity index (χ4v) is 1.45. The summed E-state index contributed by atoms with van der Waals surface area (Å²) in [4.78, 5) is 11.6. The molecule has 0 bridgehead atoms. The summed E-state index contributed by atoms with van der Waals surface area (Å²) in [5.41, 5.74) is -0.103. The first-order chi connectivity index (χ1) is 8.41. The summed E-state index contributed by atoms with van der Waals surface area (Å²) in [6.45, 7) is 4.03. The molecule has 0 aliphatic rings. The molecule has 0 aliphatic carbocycles. The summed E-state index contributed by atoms with van der Waals surface area (Å²) >= 11 is 0. The quantitative estimate of drug-likeness (QED) is 0.749. The van der Waals surface area contributed by atoms with E-state index in [1.807, 2.05) is 13.8 Å². The topological polar surface area (TPSA) is 69.6 Å². The van der Waals surface area contributed by atoms with Crippen LogP contribution in [0.15, 0.2) is 18.2 Å². The summed E-state index contributed by atoms with van der Waals surface area (Å²) < 4.78 is 12.9. The Morgan fingerprint density at radius 3 is 2.72 bits per heavy atom. The molecule has 0 spiro atoms. The Hall–Kier alpha value is -1.62. The number of hydrogen-bond acceptors (Lipinski definition) is 3. The Kier molecular flexibility index (Phi) is 5.09. The molecule has 0 fully saturated rings. The van der Waals surface area contributed by atoms with Gasteiger partial charge in [-0.2, -0.15) is 0 Å². The molecule has 1 aromatic rings. The van der Waals surface area contributed by atoms with Crippen LogP contribution in [0.4, 0.5) is 4.39 Å². The number of amides is 1. The minimum atomic E-state index is -0.583. The van der Waals surface area contributed by atoms with Gasteiger partial charge in [-0.1, -0.05) is 13.8 Å². The van der Waals surface area contributed by atoms with Gasteiger partial charge in [0.15, 0.2) is 0 Å². The molecule has 1 unspecified atom stereocenters. The molecule has 0 radical (unpaired) electrons. The van der Waals surface area contributed by atoms with Gasteiger partial charge in [-0.05, 0) is 30.5 Å². The maximum absolute atomic E-state index is 12.9. The van der Waals surface area contributed by atoms with E-state index in [-0.39, 0.29) is 23.8 Å². The minimum absolute atomic E-state index is 0.103. The molecule has 0 saturated heterocycles. The van der Waals surface area contributed by atoms with Crippen LogP contribution in [0.3, 0.4) is 0 Å². The number of phenolic OH excluding ortho intramolecular Hbond substituents is 1. The van der Waals surface area contributed by atoms with Crippen LogP contribution in [0.2, 0.25) is 0 Å². The number of benzene rings is 1. The predicted molar refractivity (Wildman–Crippen MR) is 65.9 cm³/mol. The van der Waals surface area contributed by atoms with Crippen LogP contribution in [0, 0.1) is 11.7 Å². The fourth-order valence-electron chi connectivity index (χ4n) is 1.45. The van der Waals surface area contributed by atoms with Crippen molar-refractivity contribution in [3.05, 3.63) is 29.6 Å². The van der Waals surface area contributed by atoms with E-state index in [4.69, 9.17) is 0 Å². The van der Waals surface area contributed by atoms with Crippen LogP contribution in [0.5, 0.6) is 5.75 Å². The van der Waals surface area contributed by atoms with Gasteiger partial charge < -0.3 is 15.5 Å². The van der Waals surface area contributed by atoms with Gasteiger partial charge in [0.25, 0.3) is 5.91 Å². The lowest BCUT2D eigenvalue weighted by molar-refractivity contribution is 0.0917. The van der Waals surface area contributed by atoms with Crippen molar-refractivity contribution in [3.8, 4) is 5.75 Å². The average molecular weight is 255 g/mol. The highest BCUT2D eigenvalue weighted by atomic mass is 19.1. The average Bonchev–Trinajstić information content (AvgIpc) is 2.31. The molecule has 4 nitrogen and oxygen atoms in total. The Bertz CT molecular complexity index is 421. The molecule has 0 saturated carbocycles. The smallest absolute Gasteiger partial charge is 0.255 e. The molecule has 0 aliphatic heterocycles. The van der Waals surface area contributed by atoms with Crippen LogP contribution in [0.1, 0.15) is 30.6 Å². The first-order valence-corrected chi connectivity index (χ1v) is 5.86. The molecule has 1 aromatic carbocycles. The molecule has 1 rings (SSSR count). The largest absolute Gasteiger partial charge is 0.507 e. The molecule has 0 heterocycles. The second-order valence-corrected chi connectivity index (χ2v) is 4.52. The highest BCUT2D eigenvalue weighted by molar-refractivity contribution is 5.96. The van der Waals surface area contributed by atoms with Crippen molar-refractivity contribution >= 4 is 5.91 Å². The van der Waals surface area contributed by atoms with Gasteiger partial charge in [-0.15, -0.1) is 0 Å². The SMILES string of the molecule is CC(C)C(O)CCNC(=O)c1cc(F)ccc1O. The van der Waals surface area contributed by atoms with Gasteiger partial charge in [0, 0.05) is 6.54 Å². The number of halogens is 1. The number of phenols is 1.